The largest absolute Gasteiger partial charge is 0.377 e. The zero-order valence-electron chi connectivity index (χ0n) is 13.7. The first-order valence-corrected chi connectivity index (χ1v) is 8.87. The number of benzene rings is 1. The van der Waals surface area contributed by atoms with Crippen LogP contribution in [0.15, 0.2) is 24.3 Å². The van der Waals surface area contributed by atoms with E-state index in [0.29, 0.717) is 18.1 Å². The molecule has 2 aliphatic rings. The van der Waals surface area contributed by atoms with Gasteiger partial charge in [0.15, 0.2) is 0 Å². The summed E-state index contributed by atoms with van der Waals surface area (Å²) < 4.78 is 6.13. The zero-order chi connectivity index (χ0) is 16.1. The molecule has 4 heteroatoms. The van der Waals surface area contributed by atoms with E-state index in [4.69, 9.17) is 15.7 Å². The van der Waals surface area contributed by atoms with Crippen molar-refractivity contribution in [1.82, 2.24) is 5.32 Å². The Kier molecular flexibility index (Phi) is 5.66. The lowest BCUT2D eigenvalue weighted by atomic mass is 9.82. The van der Waals surface area contributed by atoms with Crippen molar-refractivity contribution in [3.63, 3.8) is 0 Å². The van der Waals surface area contributed by atoms with Gasteiger partial charge < -0.3 is 15.8 Å². The van der Waals surface area contributed by atoms with Crippen LogP contribution in [0, 0.1) is 11.3 Å². The van der Waals surface area contributed by atoms with Gasteiger partial charge in [-0.2, -0.15) is 5.26 Å². The van der Waals surface area contributed by atoms with Gasteiger partial charge in [0.05, 0.1) is 24.3 Å². The molecule has 4 nitrogen and oxygen atoms in total. The molecule has 1 aliphatic carbocycles. The number of ether oxygens (including phenoxy) is 1. The van der Waals surface area contributed by atoms with Crippen LogP contribution in [0.3, 0.4) is 0 Å². The Morgan fingerprint density at radius 2 is 2.04 bits per heavy atom. The number of rotatable bonds is 4. The predicted octanol–water partition coefficient (Wildman–Crippen LogP) is 2.68. The molecule has 0 spiro atoms. The van der Waals surface area contributed by atoms with E-state index in [-0.39, 0.29) is 6.04 Å². The molecule has 1 aliphatic heterocycles. The van der Waals surface area contributed by atoms with Crippen molar-refractivity contribution in [2.45, 2.75) is 62.6 Å². The Labute approximate surface area is 139 Å². The van der Waals surface area contributed by atoms with Gasteiger partial charge >= 0.3 is 0 Å². The fourth-order valence-electron chi connectivity index (χ4n) is 3.83. The lowest BCUT2D eigenvalue weighted by molar-refractivity contribution is 0.00620. The Bertz CT molecular complexity index is 546. The van der Waals surface area contributed by atoms with E-state index in [1.165, 1.54) is 12.0 Å². The Balaban J connectivity index is 1.46. The van der Waals surface area contributed by atoms with Crippen molar-refractivity contribution in [2.75, 3.05) is 13.2 Å². The average molecular weight is 313 g/mol. The highest BCUT2D eigenvalue weighted by Crippen LogP contribution is 2.34. The first-order chi connectivity index (χ1) is 11.3. The number of hydrogen-bond donors (Lipinski definition) is 2. The summed E-state index contributed by atoms with van der Waals surface area (Å²) in [5.74, 6) is 0.568. The lowest BCUT2D eigenvalue weighted by Gasteiger charge is -2.33. The van der Waals surface area contributed by atoms with Crippen LogP contribution in [0.1, 0.15) is 55.6 Å². The minimum Gasteiger partial charge on any atom is -0.377 e. The molecular weight excluding hydrogens is 286 g/mol. The number of nitrogens with zero attached hydrogens (tertiary/aromatic N) is 1. The molecule has 0 amide bonds. The summed E-state index contributed by atoms with van der Waals surface area (Å²) >= 11 is 0. The standard InChI is InChI=1S/C19H27N3O/c20-12-14-3-1-4-16(11-14)15-6-8-17(9-7-15)23-13-19-18(21)5-2-10-22-19/h1,3-4,11,15,17-19,22H,2,5-10,13,21H2. The van der Waals surface area contributed by atoms with Crippen LogP contribution < -0.4 is 11.1 Å². The molecule has 0 radical (unpaired) electrons. The van der Waals surface area contributed by atoms with Crippen LogP contribution in [0.4, 0.5) is 0 Å². The molecule has 0 aromatic heterocycles. The third-order valence-corrected chi connectivity index (χ3v) is 5.31. The zero-order valence-corrected chi connectivity index (χ0v) is 13.7. The SMILES string of the molecule is N#Cc1cccc(C2CCC(OCC3NCCCC3N)CC2)c1. The molecule has 1 aromatic carbocycles. The fraction of sp³-hybridized carbons (Fsp3) is 0.632. The van der Waals surface area contributed by atoms with Crippen LogP contribution in [-0.2, 0) is 4.74 Å². The summed E-state index contributed by atoms with van der Waals surface area (Å²) in [6.07, 6.45) is 7.12. The summed E-state index contributed by atoms with van der Waals surface area (Å²) in [5.41, 5.74) is 8.22. The van der Waals surface area contributed by atoms with Crippen LogP contribution in [0.25, 0.3) is 0 Å². The Hall–Kier alpha value is -1.41. The molecule has 1 saturated heterocycles. The van der Waals surface area contributed by atoms with Crippen LogP contribution >= 0.6 is 0 Å². The van der Waals surface area contributed by atoms with Crippen molar-refractivity contribution >= 4 is 0 Å². The minimum absolute atomic E-state index is 0.230. The van der Waals surface area contributed by atoms with Crippen molar-refractivity contribution in [3.8, 4) is 6.07 Å². The molecule has 2 fully saturated rings. The van der Waals surface area contributed by atoms with Gasteiger partial charge in [0.2, 0.25) is 0 Å². The van der Waals surface area contributed by atoms with Gasteiger partial charge in [0, 0.05) is 12.1 Å². The van der Waals surface area contributed by atoms with Gasteiger partial charge in [0.25, 0.3) is 0 Å². The molecule has 1 saturated carbocycles. The van der Waals surface area contributed by atoms with Gasteiger partial charge in [-0.25, -0.2) is 0 Å². The summed E-state index contributed by atoms with van der Waals surface area (Å²) in [6, 6.07) is 10.8. The van der Waals surface area contributed by atoms with E-state index >= 15 is 0 Å². The molecule has 1 aromatic rings. The van der Waals surface area contributed by atoms with E-state index in [1.54, 1.807) is 0 Å². The normalized spacial score (nSPS) is 31.5. The molecule has 0 bridgehead atoms. The van der Waals surface area contributed by atoms with Gasteiger partial charge in [-0.15, -0.1) is 0 Å². The van der Waals surface area contributed by atoms with Crippen molar-refractivity contribution in [3.05, 3.63) is 35.4 Å². The smallest absolute Gasteiger partial charge is 0.0991 e. The van der Waals surface area contributed by atoms with Gasteiger partial charge in [-0.3, -0.25) is 0 Å². The molecule has 3 N–H and O–H groups in total. The summed E-state index contributed by atoms with van der Waals surface area (Å²) in [5, 5.41) is 12.5. The van der Waals surface area contributed by atoms with Crippen molar-refractivity contribution in [2.24, 2.45) is 5.73 Å². The van der Waals surface area contributed by atoms with Gasteiger partial charge in [0.1, 0.15) is 0 Å². The summed E-state index contributed by atoms with van der Waals surface area (Å²) in [6.45, 7) is 1.80. The maximum atomic E-state index is 9.03. The molecule has 2 unspecified atom stereocenters. The number of hydrogen-bond acceptors (Lipinski definition) is 4. The predicted molar refractivity (Wildman–Crippen MR) is 91.1 cm³/mol. The number of nitriles is 1. The van der Waals surface area contributed by atoms with Crippen molar-refractivity contribution < 1.29 is 4.74 Å². The highest BCUT2D eigenvalue weighted by molar-refractivity contribution is 5.34. The second-order valence-corrected chi connectivity index (χ2v) is 6.91. The second-order valence-electron chi connectivity index (χ2n) is 6.91. The van der Waals surface area contributed by atoms with Gasteiger partial charge in [-0.1, -0.05) is 12.1 Å². The summed E-state index contributed by atoms with van der Waals surface area (Å²) in [4.78, 5) is 0. The molecular formula is C19H27N3O. The number of nitrogens with two attached hydrogens (primary N) is 1. The van der Waals surface area contributed by atoms with E-state index in [2.05, 4.69) is 17.5 Å². The second kappa shape index (κ2) is 7.92. The van der Waals surface area contributed by atoms with Crippen LogP contribution in [0.5, 0.6) is 0 Å². The molecule has 23 heavy (non-hydrogen) atoms. The lowest BCUT2D eigenvalue weighted by Crippen LogP contribution is -2.52. The maximum absolute atomic E-state index is 9.03. The third kappa shape index (κ3) is 4.32. The third-order valence-electron chi connectivity index (χ3n) is 5.31. The van der Waals surface area contributed by atoms with E-state index in [1.807, 2.05) is 18.2 Å². The Morgan fingerprint density at radius 3 is 2.78 bits per heavy atom. The molecule has 124 valence electrons. The maximum Gasteiger partial charge on any atom is 0.0991 e. The highest BCUT2D eigenvalue weighted by atomic mass is 16.5. The molecule has 1 heterocycles. The van der Waals surface area contributed by atoms with E-state index < -0.39 is 0 Å². The first-order valence-electron chi connectivity index (χ1n) is 8.87. The van der Waals surface area contributed by atoms with Crippen molar-refractivity contribution in [1.29, 1.82) is 5.26 Å². The van der Waals surface area contributed by atoms with Crippen LogP contribution in [-0.4, -0.2) is 31.3 Å². The van der Waals surface area contributed by atoms with E-state index in [9.17, 15) is 0 Å². The van der Waals surface area contributed by atoms with Gasteiger partial charge in [-0.05, 0) is 68.7 Å². The average Bonchev–Trinajstić information content (AvgIpc) is 2.61. The monoisotopic (exact) mass is 313 g/mol. The quantitative estimate of drug-likeness (QED) is 0.896. The van der Waals surface area contributed by atoms with Crippen LogP contribution in [0.2, 0.25) is 0 Å². The first kappa shape index (κ1) is 16.4. The highest BCUT2D eigenvalue weighted by Gasteiger charge is 2.26. The molecule has 3 rings (SSSR count). The number of nitrogens with one attached hydrogen (secondary N) is 1. The Morgan fingerprint density at radius 1 is 1.22 bits per heavy atom. The topological polar surface area (TPSA) is 71.1 Å². The minimum atomic E-state index is 0.230. The fourth-order valence-corrected chi connectivity index (χ4v) is 3.83. The van der Waals surface area contributed by atoms with E-state index in [0.717, 1.165) is 50.8 Å². The number of piperidine rings is 1. The molecule has 2 atom stereocenters. The summed E-state index contributed by atoms with van der Waals surface area (Å²) in [7, 11) is 0.